The molecule has 0 unspecified atom stereocenters. The SMILES string of the molecule is Cc1cc(Cn2c(N)nc3cc(F)ccc32)sc1C. The van der Waals surface area contributed by atoms with Gasteiger partial charge in [-0.2, -0.15) is 0 Å². The van der Waals surface area contributed by atoms with Crippen molar-refractivity contribution in [3.63, 3.8) is 0 Å². The zero-order chi connectivity index (χ0) is 13.6. The Morgan fingerprint density at radius 1 is 1.32 bits per heavy atom. The first-order valence-corrected chi connectivity index (χ1v) is 6.83. The molecule has 19 heavy (non-hydrogen) atoms. The number of nitrogen functional groups attached to an aromatic ring is 1. The molecule has 0 spiro atoms. The van der Waals surface area contributed by atoms with Crippen molar-refractivity contribution < 1.29 is 4.39 Å². The van der Waals surface area contributed by atoms with Crippen LogP contribution in [-0.4, -0.2) is 9.55 Å². The van der Waals surface area contributed by atoms with E-state index in [1.807, 2.05) is 4.57 Å². The highest BCUT2D eigenvalue weighted by atomic mass is 32.1. The van der Waals surface area contributed by atoms with Gasteiger partial charge in [-0.1, -0.05) is 0 Å². The molecule has 2 heterocycles. The van der Waals surface area contributed by atoms with Gasteiger partial charge in [0.05, 0.1) is 17.6 Å². The Morgan fingerprint density at radius 2 is 2.11 bits per heavy atom. The Morgan fingerprint density at radius 3 is 2.79 bits per heavy atom. The van der Waals surface area contributed by atoms with E-state index >= 15 is 0 Å². The highest BCUT2D eigenvalue weighted by Gasteiger charge is 2.11. The Labute approximate surface area is 114 Å². The molecule has 0 saturated heterocycles. The fraction of sp³-hybridized carbons (Fsp3) is 0.214. The van der Waals surface area contributed by atoms with Crippen LogP contribution in [0.25, 0.3) is 11.0 Å². The van der Waals surface area contributed by atoms with E-state index in [-0.39, 0.29) is 5.82 Å². The van der Waals surface area contributed by atoms with Crippen LogP contribution in [-0.2, 0) is 6.54 Å². The smallest absolute Gasteiger partial charge is 0.201 e. The van der Waals surface area contributed by atoms with Gasteiger partial charge in [0.25, 0.3) is 0 Å². The lowest BCUT2D eigenvalue weighted by atomic mass is 10.3. The van der Waals surface area contributed by atoms with Crippen molar-refractivity contribution in [2.45, 2.75) is 20.4 Å². The number of rotatable bonds is 2. The number of aryl methyl sites for hydroxylation is 2. The number of hydrogen-bond donors (Lipinski definition) is 1. The molecule has 5 heteroatoms. The minimum Gasteiger partial charge on any atom is -0.369 e. The molecule has 1 aromatic carbocycles. The van der Waals surface area contributed by atoms with Crippen LogP contribution in [0.2, 0.25) is 0 Å². The van der Waals surface area contributed by atoms with E-state index in [1.54, 1.807) is 17.4 Å². The molecule has 98 valence electrons. The topological polar surface area (TPSA) is 43.8 Å². The summed E-state index contributed by atoms with van der Waals surface area (Å²) < 4.78 is 15.1. The second-order valence-corrected chi connectivity index (χ2v) is 5.98. The van der Waals surface area contributed by atoms with Crippen LogP contribution in [0.4, 0.5) is 10.3 Å². The minimum atomic E-state index is -0.292. The Hall–Kier alpha value is -1.88. The lowest BCUT2D eigenvalue weighted by Crippen LogP contribution is -2.03. The quantitative estimate of drug-likeness (QED) is 0.778. The highest BCUT2D eigenvalue weighted by Crippen LogP contribution is 2.25. The summed E-state index contributed by atoms with van der Waals surface area (Å²) in [6.07, 6.45) is 0. The van der Waals surface area contributed by atoms with E-state index < -0.39 is 0 Å². The molecule has 0 saturated carbocycles. The van der Waals surface area contributed by atoms with E-state index in [4.69, 9.17) is 5.73 Å². The molecule has 0 bridgehead atoms. The molecule has 3 nitrogen and oxygen atoms in total. The lowest BCUT2D eigenvalue weighted by molar-refractivity contribution is 0.629. The van der Waals surface area contributed by atoms with Crippen molar-refractivity contribution in [2.24, 2.45) is 0 Å². The maximum atomic E-state index is 13.2. The van der Waals surface area contributed by atoms with Gasteiger partial charge in [-0.15, -0.1) is 11.3 Å². The molecular weight excluding hydrogens is 261 g/mol. The molecule has 0 aliphatic rings. The van der Waals surface area contributed by atoms with Gasteiger partial charge in [-0.25, -0.2) is 9.37 Å². The predicted molar refractivity (Wildman–Crippen MR) is 77.0 cm³/mol. The van der Waals surface area contributed by atoms with Gasteiger partial charge in [-0.3, -0.25) is 0 Å². The summed E-state index contributed by atoms with van der Waals surface area (Å²) in [6, 6.07) is 6.73. The third-order valence-electron chi connectivity index (χ3n) is 3.27. The monoisotopic (exact) mass is 275 g/mol. The summed E-state index contributed by atoms with van der Waals surface area (Å²) in [5.74, 6) is 0.129. The summed E-state index contributed by atoms with van der Waals surface area (Å²) in [5.41, 5.74) is 8.68. The van der Waals surface area contributed by atoms with Crippen molar-refractivity contribution in [2.75, 3.05) is 5.73 Å². The van der Waals surface area contributed by atoms with Crippen molar-refractivity contribution >= 4 is 28.3 Å². The van der Waals surface area contributed by atoms with Crippen LogP contribution in [0.1, 0.15) is 15.3 Å². The number of benzene rings is 1. The first-order valence-electron chi connectivity index (χ1n) is 6.02. The number of imidazole rings is 1. The summed E-state index contributed by atoms with van der Waals surface area (Å²) in [6.45, 7) is 4.88. The number of nitrogens with zero attached hydrogens (tertiary/aromatic N) is 2. The largest absolute Gasteiger partial charge is 0.369 e. The van der Waals surface area contributed by atoms with Gasteiger partial charge in [0.2, 0.25) is 5.95 Å². The molecule has 0 aliphatic heterocycles. The van der Waals surface area contributed by atoms with Gasteiger partial charge in [-0.05, 0) is 37.6 Å². The molecule has 3 aromatic rings. The average molecular weight is 275 g/mol. The molecule has 2 aromatic heterocycles. The summed E-state index contributed by atoms with van der Waals surface area (Å²) >= 11 is 1.75. The standard InChI is InChI=1S/C14H14FN3S/c1-8-5-11(19-9(8)2)7-18-13-4-3-10(15)6-12(13)17-14(18)16/h3-6H,7H2,1-2H3,(H2,16,17). The maximum Gasteiger partial charge on any atom is 0.201 e. The van der Waals surface area contributed by atoms with Crippen molar-refractivity contribution in [1.82, 2.24) is 9.55 Å². The minimum absolute atomic E-state index is 0.292. The number of aromatic nitrogens is 2. The number of hydrogen-bond acceptors (Lipinski definition) is 3. The predicted octanol–water partition coefficient (Wildman–Crippen LogP) is 3.48. The van der Waals surface area contributed by atoms with Crippen LogP contribution < -0.4 is 5.73 Å². The second kappa shape index (κ2) is 4.35. The first kappa shape index (κ1) is 12.2. The molecule has 3 rings (SSSR count). The summed E-state index contributed by atoms with van der Waals surface area (Å²) in [5, 5.41) is 0. The van der Waals surface area contributed by atoms with Gasteiger partial charge < -0.3 is 10.3 Å². The Balaban J connectivity index is 2.07. The van der Waals surface area contributed by atoms with Gasteiger partial charge >= 0.3 is 0 Å². The van der Waals surface area contributed by atoms with Crippen LogP contribution in [0, 0.1) is 19.7 Å². The lowest BCUT2D eigenvalue weighted by Gasteiger charge is -2.04. The molecule has 0 aliphatic carbocycles. The van der Waals surface area contributed by atoms with Gasteiger partial charge in [0.15, 0.2) is 0 Å². The van der Waals surface area contributed by atoms with Crippen molar-refractivity contribution in [3.05, 3.63) is 45.4 Å². The number of halogens is 1. The van der Waals surface area contributed by atoms with Crippen LogP contribution in [0.3, 0.4) is 0 Å². The molecule has 0 atom stereocenters. The maximum absolute atomic E-state index is 13.2. The van der Waals surface area contributed by atoms with Crippen molar-refractivity contribution in [3.8, 4) is 0 Å². The Kier molecular flexibility index (Phi) is 2.78. The van der Waals surface area contributed by atoms with E-state index in [1.165, 1.54) is 27.5 Å². The summed E-state index contributed by atoms with van der Waals surface area (Å²) in [7, 11) is 0. The van der Waals surface area contributed by atoms with E-state index in [0.29, 0.717) is 18.0 Å². The fourth-order valence-corrected chi connectivity index (χ4v) is 3.21. The summed E-state index contributed by atoms with van der Waals surface area (Å²) in [4.78, 5) is 6.74. The van der Waals surface area contributed by atoms with Crippen LogP contribution in [0.5, 0.6) is 0 Å². The third kappa shape index (κ3) is 2.10. The highest BCUT2D eigenvalue weighted by molar-refractivity contribution is 7.12. The average Bonchev–Trinajstić information content (AvgIpc) is 2.81. The normalized spacial score (nSPS) is 11.3. The van der Waals surface area contributed by atoms with Gasteiger partial charge in [0.1, 0.15) is 5.82 Å². The zero-order valence-corrected chi connectivity index (χ0v) is 11.6. The van der Waals surface area contributed by atoms with E-state index in [9.17, 15) is 4.39 Å². The van der Waals surface area contributed by atoms with Crippen molar-refractivity contribution in [1.29, 1.82) is 0 Å². The molecule has 0 fully saturated rings. The first-order chi connectivity index (χ1) is 9.04. The van der Waals surface area contributed by atoms with E-state index in [0.717, 1.165) is 5.52 Å². The van der Waals surface area contributed by atoms with Gasteiger partial charge in [0, 0.05) is 15.8 Å². The zero-order valence-electron chi connectivity index (χ0n) is 10.8. The second-order valence-electron chi connectivity index (χ2n) is 4.64. The number of anilines is 1. The van der Waals surface area contributed by atoms with Crippen LogP contribution >= 0.6 is 11.3 Å². The molecular formula is C14H14FN3S. The third-order valence-corrected chi connectivity index (χ3v) is 4.41. The molecule has 0 amide bonds. The fourth-order valence-electron chi connectivity index (χ4n) is 2.17. The number of thiophene rings is 1. The molecule has 2 N–H and O–H groups in total. The number of nitrogens with two attached hydrogens (primary N) is 1. The van der Waals surface area contributed by atoms with E-state index in [2.05, 4.69) is 24.9 Å². The van der Waals surface area contributed by atoms with Crippen LogP contribution in [0.15, 0.2) is 24.3 Å². The molecule has 0 radical (unpaired) electrons. The Bertz CT molecular complexity index is 738. The number of fused-ring (bicyclic) bond motifs is 1.